The van der Waals surface area contributed by atoms with Crippen LogP contribution in [0, 0.1) is 0 Å². The first kappa shape index (κ1) is 16.3. The summed E-state index contributed by atoms with van der Waals surface area (Å²) in [5.41, 5.74) is 0.887. The van der Waals surface area contributed by atoms with Crippen molar-refractivity contribution in [2.45, 2.75) is 38.3 Å². The lowest BCUT2D eigenvalue weighted by Crippen LogP contribution is -2.28. The molecule has 1 amide bonds. The molecule has 0 saturated heterocycles. The second-order valence-corrected chi connectivity index (χ2v) is 5.87. The predicted molar refractivity (Wildman–Crippen MR) is 90.9 cm³/mol. The summed E-state index contributed by atoms with van der Waals surface area (Å²) in [5, 5.41) is 2.85. The Morgan fingerprint density at radius 1 is 1.12 bits per heavy atom. The highest BCUT2D eigenvalue weighted by Crippen LogP contribution is 2.24. The van der Waals surface area contributed by atoms with E-state index < -0.39 is 0 Å². The maximum atomic E-state index is 11.9. The molecule has 1 aromatic carbocycles. The number of para-hydroxylation sites is 1. The van der Waals surface area contributed by atoms with Crippen LogP contribution in [0.1, 0.15) is 31.2 Å². The molecule has 1 aliphatic rings. The van der Waals surface area contributed by atoms with Crippen LogP contribution >= 0.6 is 0 Å². The topological polar surface area (TPSA) is 60.5 Å². The number of benzene rings is 1. The van der Waals surface area contributed by atoms with E-state index in [4.69, 9.17) is 9.47 Å². The van der Waals surface area contributed by atoms with E-state index in [-0.39, 0.29) is 18.6 Å². The Hall–Kier alpha value is -2.56. The highest BCUT2D eigenvalue weighted by atomic mass is 16.5. The normalized spacial score (nSPS) is 14.3. The van der Waals surface area contributed by atoms with Gasteiger partial charge in [0, 0.05) is 18.3 Å². The van der Waals surface area contributed by atoms with Crippen molar-refractivity contribution in [2.24, 2.45) is 0 Å². The van der Waals surface area contributed by atoms with E-state index in [9.17, 15) is 4.79 Å². The second-order valence-electron chi connectivity index (χ2n) is 5.87. The molecule has 0 atom stereocenters. The fraction of sp³-hybridized carbons (Fsp3) is 0.368. The summed E-state index contributed by atoms with van der Waals surface area (Å²) in [4.78, 5) is 16.3. The molecule has 0 unspecified atom stereocenters. The van der Waals surface area contributed by atoms with Gasteiger partial charge in [-0.2, -0.15) is 0 Å². The Morgan fingerprint density at radius 3 is 2.71 bits per heavy atom. The maximum Gasteiger partial charge on any atom is 0.258 e. The molecule has 1 heterocycles. The summed E-state index contributed by atoms with van der Waals surface area (Å²) in [5.74, 6) is 1.13. The molecule has 1 saturated carbocycles. The van der Waals surface area contributed by atoms with Gasteiger partial charge in [0.25, 0.3) is 5.91 Å². The van der Waals surface area contributed by atoms with Gasteiger partial charge < -0.3 is 14.8 Å². The summed E-state index contributed by atoms with van der Waals surface area (Å²) in [7, 11) is 0. The van der Waals surface area contributed by atoms with Crippen LogP contribution in [0.25, 0.3) is 0 Å². The van der Waals surface area contributed by atoms with Crippen LogP contribution in [0.15, 0.2) is 48.7 Å². The van der Waals surface area contributed by atoms with Crippen molar-refractivity contribution in [3.63, 3.8) is 0 Å². The number of hydrogen-bond acceptors (Lipinski definition) is 4. The fourth-order valence-electron chi connectivity index (χ4n) is 2.74. The van der Waals surface area contributed by atoms with Crippen LogP contribution in [-0.2, 0) is 11.3 Å². The lowest BCUT2D eigenvalue weighted by atomic mass is 10.2. The molecular weight excluding hydrogens is 304 g/mol. The van der Waals surface area contributed by atoms with Gasteiger partial charge in [-0.05, 0) is 43.9 Å². The molecule has 24 heavy (non-hydrogen) atoms. The molecule has 126 valence electrons. The number of ether oxygens (including phenoxy) is 2. The van der Waals surface area contributed by atoms with Gasteiger partial charge in [-0.15, -0.1) is 0 Å². The van der Waals surface area contributed by atoms with Crippen LogP contribution in [0.3, 0.4) is 0 Å². The Kier molecular flexibility index (Phi) is 5.66. The minimum atomic E-state index is -0.172. The lowest BCUT2D eigenvalue weighted by Gasteiger charge is -2.15. The van der Waals surface area contributed by atoms with Gasteiger partial charge in [0.1, 0.15) is 11.9 Å². The molecule has 5 nitrogen and oxygen atoms in total. The second kappa shape index (κ2) is 8.34. The number of hydrogen-bond donors (Lipinski definition) is 1. The van der Waals surface area contributed by atoms with Crippen molar-refractivity contribution < 1.29 is 14.3 Å². The third kappa shape index (κ3) is 4.72. The molecule has 3 rings (SSSR count). The number of carbonyl (C=O) groups excluding carboxylic acids is 1. The van der Waals surface area contributed by atoms with Crippen LogP contribution in [-0.4, -0.2) is 23.6 Å². The van der Waals surface area contributed by atoms with Crippen LogP contribution in [0.5, 0.6) is 11.6 Å². The minimum Gasteiger partial charge on any atom is -0.484 e. The molecule has 1 N–H and O–H groups in total. The minimum absolute atomic E-state index is 0.0108. The number of aromatic nitrogens is 1. The van der Waals surface area contributed by atoms with E-state index in [0.717, 1.165) is 18.4 Å². The zero-order chi connectivity index (χ0) is 16.6. The monoisotopic (exact) mass is 326 g/mol. The molecule has 0 bridgehead atoms. The maximum absolute atomic E-state index is 11.9. The summed E-state index contributed by atoms with van der Waals surface area (Å²) < 4.78 is 11.4. The molecule has 1 aromatic heterocycles. The molecule has 1 fully saturated rings. The molecule has 5 heteroatoms. The van der Waals surface area contributed by atoms with Crippen molar-refractivity contribution in [3.8, 4) is 11.6 Å². The van der Waals surface area contributed by atoms with Crippen molar-refractivity contribution in [1.29, 1.82) is 0 Å². The number of nitrogens with zero attached hydrogens (tertiary/aromatic N) is 1. The number of carbonyl (C=O) groups is 1. The average molecular weight is 326 g/mol. The van der Waals surface area contributed by atoms with E-state index in [2.05, 4.69) is 10.3 Å². The first-order valence-corrected chi connectivity index (χ1v) is 8.36. The van der Waals surface area contributed by atoms with Gasteiger partial charge in [-0.1, -0.05) is 24.3 Å². The van der Waals surface area contributed by atoms with Gasteiger partial charge in [0.2, 0.25) is 5.88 Å². The average Bonchev–Trinajstić information content (AvgIpc) is 3.13. The van der Waals surface area contributed by atoms with Crippen molar-refractivity contribution in [3.05, 3.63) is 54.2 Å². The zero-order valence-corrected chi connectivity index (χ0v) is 13.6. The van der Waals surface area contributed by atoms with E-state index >= 15 is 0 Å². The molecule has 0 radical (unpaired) electrons. The Balaban J connectivity index is 1.49. The number of pyridine rings is 1. The largest absolute Gasteiger partial charge is 0.484 e. The predicted octanol–water partition coefficient (Wildman–Crippen LogP) is 3.10. The van der Waals surface area contributed by atoms with Crippen LogP contribution in [0.2, 0.25) is 0 Å². The Bertz CT molecular complexity index is 655. The summed E-state index contributed by atoms with van der Waals surface area (Å²) >= 11 is 0. The van der Waals surface area contributed by atoms with Crippen molar-refractivity contribution in [1.82, 2.24) is 10.3 Å². The van der Waals surface area contributed by atoms with E-state index in [1.165, 1.54) is 12.8 Å². The van der Waals surface area contributed by atoms with Gasteiger partial charge in [-0.25, -0.2) is 4.98 Å². The smallest absolute Gasteiger partial charge is 0.258 e. The highest BCUT2D eigenvalue weighted by Gasteiger charge is 2.18. The van der Waals surface area contributed by atoms with Gasteiger partial charge in [0.15, 0.2) is 6.61 Å². The highest BCUT2D eigenvalue weighted by molar-refractivity contribution is 5.77. The summed E-state index contributed by atoms with van der Waals surface area (Å²) in [6.07, 6.45) is 6.53. The van der Waals surface area contributed by atoms with Crippen molar-refractivity contribution in [2.75, 3.05) is 6.61 Å². The molecule has 0 spiro atoms. The summed E-state index contributed by atoms with van der Waals surface area (Å²) in [6, 6.07) is 13.1. The van der Waals surface area contributed by atoms with Crippen LogP contribution < -0.4 is 14.8 Å². The quantitative estimate of drug-likeness (QED) is 0.849. The van der Waals surface area contributed by atoms with E-state index in [1.807, 2.05) is 42.5 Å². The molecule has 1 aliphatic carbocycles. The molecule has 2 aromatic rings. The Morgan fingerprint density at radius 2 is 1.92 bits per heavy atom. The van der Waals surface area contributed by atoms with E-state index in [1.54, 1.807) is 6.20 Å². The van der Waals surface area contributed by atoms with E-state index in [0.29, 0.717) is 18.2 Å². The number of nitrogens with one attached hydrogen (secondary N) is 1. The summed E-state index contributed by atoms with van der Waals surface area (Å²) in [6.45, 7) is 0.371. The molecular formula is C19H22N2O3. The third-order valence-electron chi connectivity index (χ3n) is 4.02. The lowest BCUT2D eigenvalue weighted by molar-refractivity contribution is -0.123. The van der Waals surface area contributed by atoms with Crippen molar-refractivity contribution >= 4 is 5.91 Å². The van der Waals surface area contributed by atoms with Gasteiger partial charge >= 0.3 is 0 Å². The first-order chi connectivity index (χ1) is 11.8. The Labute approximate surface area is 142 Å². The van der Waals surface area contributed by atoms with Gasteiger partial charge in [0.05, 0.1) is 0 Å². The molecule has 0 aliphatic heterocycles. The number of rotatable bonds is 7. The number of amides is 1. The third-order valence-corrected chi connectivity index (χ3v) is 4.02. The fourth-order valence-corrected chi connectivity index (χ4v) is 2.74. The SMILES string of the molecule is O=C(COc1ccccc1)NCc1cccnc1OC1CCCC1. The van der Waals surface area contributed by atoms with Gasteiger partial charge in [-0.3, -0.25) is 4.79 Å². The zero-order valence-electron chi connectivity index (χ0n) is 13.6. The van der Waals surface area contributed by atoms with Crippen LogP contribution in [0.4, 0.5) is 0 Å². The standard InChI is InChI=1S/C19H22N2O3/c22-18(14-23-16-8-2-1-3-9-16)21-13-15-7-6-12-20-19(15)24-17-10-4-5-11-17/h1-3,6-9,12,17H,4-5,10-11,13-14H2,(H,21,22). The first-order valence-electron chi connectivity index (χ1n) is 8.36.